The Balaban J connectivity index is 0.975. The second-order valence-electron chi connectivity index (χ2n) is 43.1. The molecule has 0 fully saturated rings. The Bertz CT molecular complexity index is 6940. The van der Waals surface area contributed by atoms with Crippen molar-refractivity contribution >= 4 is 135 Å². The number of fused-ring (bicyclic) bond motifs is 26. The number of anilines is 6. The van der Waals surface area contributed by atoms with Crippen molar-refractivity contribution in [3.05, 3.63) is 330 Å². The second-order valence-corrected chi connectivity index (χ2v) is 45.4. The van der Waals surface area contributed by atoms with Gasteiger partial charge in [-0.15, -0.1) is 0 Å². The number of rotatable bonds is 4. The molecule has 4 nitrogen and oxygen atoms in total. The van der Waals surface area contributed by atoms with Crippen LogP contribution in [-0.2, 0) is 37.9 Å². The van der Waals surface area contributed by atoms with E-state index in [-0.39, 0.29) is 59.1 Å². The maximum atomic E-state index is 2.80. The molecule has 0 N–H and O–H groups in total. The van der Waals surface area contributed by atoms with Crippen molar-refractivity contribution in [1.29, 1.82) is 0 Å². The van der Waals surface area contributed by atoms with Crippen LogP contribution in [0.25, 0.3) is 141 Å². The molecule has 3 aliphatic heterocycles. The van der Waals surface area contributed by atoms with Crippen LogP contribution in [-0.4, -0.2) is 30.4 Å². The van der Waals surface area contributed by atoms with E-state index in [0.29, 0.717) is 0 Å². The van der Waals surface area contributed by atoms with Gasteiger partial charge in [-0.2, -0.15) is 0 Å². The van der Waals surface area contributed by atoms with Crippen LogP contribution in [0.2, 0.25) is 0 Å². The van der Waals surface area contributed by atoms with Crippen LogP contribution in [0, 0.1) is 0 Å². The van der Waals surface area contributed by atoms with Crippen molar-refractivity contribution in [1.82, 2.24) is 9.13 Å². The molecule has 6 heterocycles. The van der Waals surface area contributed by atoms with Gasteiger partial charge >= 0.3 is 382 Å². The summed E-state index contributed by atoms with van der Waals surface area (Å²) in [5.41, 5.74) is 39.5. The zero-order valence-corrected chi connectivity index (χ0v) is 77.7. The van der Waals surface area contributed by atoms with E-state index in [4.69, 9.17) is 0 Å². The fourth-order valence-corrected chi connectivity index (χ4v) is 22.5. The van der Waals surface area contributed by atoms with E-state index in [1.54, 1.807) is 0 Å². The van der Waals surface area contributed by atoms with Crippen LogP contribution in [0.4, 0.5) is 34.1 Å². The molecule has 0 unspecified atom stereocenters. The second kappa shape index (κ2) is 27.8. The van der Waals surface area contributed by atoms with Gasteiger partial charge in [0.2, 0.25) is 0 Å². The van der Waals surface area contributed by atoms with Gasteiger partial charge in [-0.1, -0.05) is 177 Å². The van der Waals surface area contributed by atoms with Gasteiger partial charge in [-0.3, -0.25) is 0 Å². The van der Waals surface area contributed by atoms with Gasteiger partial charge < -0.3 is 9.13 Å². The molecule has 612 valence electrons. The minimum absolute atomic E-state index is 0.0785. The number of hydrogen-bond donors (Lipinski definition) is 0. The molecule has 0 spiro atoms. The average Bonchev–Trinajstić information content (AvgIpc) is 0.738. The summed E-state index contributed by atoms with van der Waals surface area (Å²) in [5.74, 6) is 0. The zero-order valence-electron chi connectivity index (χ0n) is 76.0. The molecule has 13 bridgehead atoms. The maximum absolute atomic E-state index is 2.80. The summed E-state index contributed by atoms with van der Waals surface area (Å²) >= 11 is 0.140. The molecule has 3 aliphatic rings. The van der Waals surface area contributed by atoms with Crippen molar-refractivity contribution in [2.45, 2.75) is 183 Å². The first-order chi connectivity index (χ1) is 58.9. The van der Waals surface area contributed by atoms with E-state index in [9.17, 15) is 0 Å². The molecule has 21 rings (SSSR count). The SMILES string of the molecule is CC(C)(C)c1cc(-c2ccccc2)c2c(c1)-c1cccc(c1)-c1ccc3[se]c4ccc(cc4c3c1)-c1cccc(c1)-c1cc(C(C)(C)C)cc(-c3ccccc3)c1N1c3cc(-n4c5ccc(C(C)(C)C)cc5c5cc(C(C)(C)C)ccc54)ccc3B3c4ccc(-n5c6ccc(C(C)(C)C)cc6c6cc(C(C)(C)C)ccc65)cc4N2c2cc(C(C)(C)C)cc1c23. The molecular formula is C118H111BN4Se. The molecule has 0 aliphatic carbocycles. The van der Waals surface area contributed by atoms with E-state index in [2.05, 4.69) is 456 Å². The van der Waals surface area contributed by atoms with Gasteiger partial charge in [-0.05, 0) is 116 Å². The first-order valence-electron chi connectivity index (χ1n) is 44.8. The first-order valence-corrected chi connectivity index (χ1v) is 46.5. The summed E-state index contributed by atoms with van der Waals surface area (Å²) in [6.45, 7) is 49.6. The number of hydrogen-bond acceptors (Lipinski definition) is 2. The number of aromatic nitrogens is 2. The number of nitrogens with zero attached hydrogens (tertiary/aromatic N) is 4. The van der Waals surface area contributed by atoms with Gasteiger partial charge in [0, 0.05) is 32.9 Å². The van der Waals surface area contributed by atoms with Crippen molar-refractivity contribution < 1.29 is 0 Å². The Morgan fingerprint density at radius 2 is 0.516 bits per heavy atom. The zero-order chi connectivity index (χ0) is 86.3. The summed E-state index contributed by atoms with van der Waals surface area (Å²) in [6, 6.07) is 117. The van der Waals surface area contributed by atoms with E-state index < -0.39 is 0 Å². The molecule has 0 saturated heterocycles. The van der Waals surface area contributed by atoms with Gasteiger partial charge in [0.15, 0.2) is 0 Å². The molecule has 0 saturated carbocycles. The molecule has 0 amide bonds. The average molecular weight is 1670 g/mol. The standard InChI is InChI=1S/C118H111BN4Se/c1-112(2,3)78-40-48-99-91(58-78)92-59-79(113(4,5)6)41-49-100(92)120(99)85-44-46-97-103(68-85)122-105-66-84(118(19,20)21)67-106-109(105)119(97)98-47-45-86(121-101-50-42-80(114(7,8)9)60-93(101)94-61-81(115(10,11)12)43-51-102(94)121)69-104(98)123(106)111-88(71-32-26-23-27-33-71)63-83(117(16,17)18)65-90(111)77-37-29-35-73(55-77)75-39-53-108-96(57-75)95-56-74(38-52-107(95)124-108)72-34-28-36-76(54-72)89-64-82(116(13,14)15)62-87(110(89)122)70-30-24-22-25-31-70/h22-69H,1-21H3. The van der Waals surface area contributed by atoms with Crippen molar-refractivity contribution in [3.63, 3.8) is 0 Å². The number of benzene rings is 15. The summed E-state index contributed by atoms with van der Waals surface area (Å²) in [5, 5.41) is 7.72. The van der Waals surface area contributed by atoms with E-state index >= 15 is 0 Å². The Hall–Kier alpha value is -11.9. The molecule has 15 aromatic carbocycles. The Morgan fingerprint density at radius 1 is 0.218 bits per heavy atom. The quantitative estimate of drug-likeness (QED) is 0.163. The van der Waals surface area contributed by atoms with Gasteiger partial charge in [0.25, 0.3) is 6.71 Å². The molecule has 18 aromatic rings. The van der Waals surface area contributed by atoms with Crippen molar-refractivity contribution in [2.24, 2.45) is 0 Å². The van der Waals surface area contributed by atoms with Crippen LogP contribution in [0.5, 0.6) is 0 Å². The molecular weight excluding hydrogens is 1560 g/mol. The van der Waals surface area contributed by atoms with Crippen LogP contribution in [0.3, 0.4) is 0 Å². The molecule has 0 radical (unpaired) electrons. The fraction of sp³-hybridized carbons (Fsp3) is 0.237. The van der Waals surface area contributed by atoms with Gasteiger partial charge in [-0.25, -0.2) is 0 Å². The van der Waals surface area contributed by atoms with Gasteiger partial charge in [0.1, 0.15) is 0 Å². The van der Waals surface area contributed by atoms with Gasteiger partial charge in [0.05, 0.1) is 22.1 Å². The van der Waals surface area contributed by atoms with Crippen LogP contribution in [0.1, 0.15) is 184 Å². The third-order valence-corrected chi connectivity index (χ3v) is 29.9. The third kappa shape index (κ3) is 12.9. The minimum atomic E-state index is -0.381. The normalized spacial score (nSPS) is 13.6. The van der Waals surface area contributed by atoms with Crippen LogP contribution >= 0.6 is 0 Å². The Kier molecular flexibility index (Phi) is 17.8. The van der Waals surface area contributed by atoms with Crippen molar-refractivity contribution in [2.75, 3.05) is 9.80 Å². The first kappa shape index (κ1) is 79.3. The monoisotopic (exact) mass is 1670 g/mol. The summed E-state index contributed by atoms with van der Waals surface area (Å²) in [7, 11) is 0. The predicted octanol–water partition coefficient (Wildman–Crippen LogP) is 30.7. The van der Waals surface area contributed by atoms with Crippen LogP contribution in [0.15, 0.2) is 291 Å². The summed E-state index contributed by atoms with van der Waals surface area (Å²) in [6.07, 6.45) is 0. The predicted molar refractivity (Wildman–Crippen MR) is 538 cm³/mol. The third-order valence-electron chi connectivity index (χ3n) is 27.5. The van der Waals surface area contributed by atoms with Crippen molar-refractivity contribution in [3.8, 4) is 78.1 Å². The summed E-state index contributed by atoms with van der Waals surface area (Å²) in [4.78, 5) is 5.60. The Labute approximate surface area is 739 Å². The molecule has 124 heavy (non-hydrogen) atoms. The van der Waals surface area contributed by atoms with E-state index in [1.807, 2.05) is 0 Å². The summed E-state index contributed by atoms with van der Waals surface area (Å²) < 4.78 is 8.04. The topological polar surface area (TPSA) is 16.3 Å². The molecule has 3 aromatic heterocycles. The van der Waals surface area contributed by atoms with E-state index in [1.165, 1.54) is 163 Å². The fourth-order valence-electron chi connectivity index (χ4n) is 20.2. The van der Waals surface area contributed by atoms with Crippen LogP contribution < -0.4 is 26.2 Å². The Morgan fingerprint density at radius 3 is 0.847 bits per heavy atom. The molecule has 6 heteroatoms. The molecule has 0 atom stereocenters. The van der Waals surface area contributed by atoms with E-state index in [0.717, 1.165) is 67.8 Å².